The first kappa shape index (κ1) is 14.7. The predicted molar refractivity (Wildman–Crippen MR) is 82.0 cm³/mol. The summed E-state index contributed by atoms with van der Waals surface area (Å²) in [7, 11) is 0. The first-order chi connectivity index (χ1) is 10.2. The molecule has 3 rings (SSSR count). The van der Waals surface area contributed by atoms with Crippen LogP contribution in [0.25, 0.3) is 0 Å². The van der Waals surface area contributed by atoms with Gasteiger partial charge >= 0.3 is 0 Å². The number of ether oxygens (including phenoxy) is 3. The van der Waals surface area contributed by atoms with Gasteiger partial charge in [-0.1, -0.05) is 6.07 Å². The molecule has 4 nitrogen and oxygen atoms in total. The second-order valence-electron chi connectivity index (χ2n) is 6.06. The Morgan fingerprint density at radius 2 is 1.90 bits per heavy atom. The minimum Gasteiger partial charge on any atom is -0.490 e. The van der Waals surface area contributed by atoms with Crippen LogP contribution in [0.3, 0.4) is 0 Å². The molecule has 0 aliphatic carbocycles. The van der Waals surface area contributed by atoms with Gasteiger partial charge in [-0.2, -0.15) is 0 Å². The summed E-state index contributed by atoms with van der Waals surface area (Å²) in [5.41, 5.74) is 1.24. The maximum atomic E-state index is 5.77. The maximum Gasteiger partial charge on any atom is 0.161 e. The molecule has 21 heavy (non-hydrogen) atoms. The molecular formula is C17H25NO3. The monoisotopic (exact) mass is 291 g/mol. The van der Waals surface area contributed by atoms with E-state index in [0.29, 0.717) is 12.0 Å². The van der Waals surface area contributed by atoms with Crippen LogP contribution in [0.1, 0.15) is 38.3 Å². The minimum atomic E-state index is 0.290. The van der Waals surface area contributed by atoms with Crippen molar-refractivity contribution in [1.82, 2.24) is 5.32 Å². The molecule has 0 bridgehead atoms. The molecule has 0 radical (unpaired) electrons. The Balaban J connectivity index is 1.66. The Bertz CT molecular complexity index is 471. The van der Waals surface area contributed by atoms with Gasteiger partial charge in [0.2, 0.25) is 0 Å². The van der Waals surface area contributed by atoms with E-state index in [4.69, 9.17) is 14.2 Å². The van der Waals surface area contributed by atoms with Gasteiger partial charge in [0.05, 0.1) is 19.8 Å². The van der Waals surface area contributed by atoms with Crippen LogP contribution >= 0.6 is 0 Å². The van der Waals surface area contributed by atoms with Crippen molar-refractivity contribution in [3.63, 3.8) is 0 Å². The molecule has 2 heterocycles. The lowest BCUT2D eigenvalue weighted by molar-refractivity contribution is 0.177. The lowest BCUT2D eigenvalue weighted by atomic mass is 9.98. The number of fused-ring (bicyclic) bond motifs is 1. The van der Waals surface area contributed by atoms with Gasteiger partial charge in [-0.3, -0.25) is 0 Å². The number of benzene rings is 1. The molecule has 1 aromatic rings. The van der Waals surface area contributed by atoms with E-state index in [1.165, 1.54) is 5.56 Å². The van der Waals surface area contributed by atoms with Gasteiger partial charge in [-0.15, -0.1) is 0 Å². The summed E-state index contributed by atoms with van der Waals surface area (Å²) < 4.78 is 16.9. The maximum absolute atomic E-state index is 5.77. The Morgan fingerprint density at radius 3 is 2.67 bits per heavy atom. The highest BCUT2D eigenvalue weighted by atomic mass is 16.5. The van der Waals surface area contributed by atoms with Crippen molar-refractivity contribution in [1.29, 1.82) is 0 Å². The fraction of sp³-hybridized carbons (Fsp3) is 0.647. The van der Waals surface area contributed by atoms with Gasteiger partial charge in [0.25, 0.3) is 0 Å². The average molecular weight is 291 g/mol. The van der Waals surface area contributed by atoms with E-state index in [9.17, 15) is 0 Å². The lowest BCUT2D eigenvalue weighted by Crippen LogP contribution is -2.35. The van der Waals surface area contributed by atoms with E-state index in [0.717, 1.165) is 50.8 Å². The largest absolute Gasteiger partial charge is 0.490 e. The molecule has 2 aliphatic rings. The predicted octanol–water partition coefficient (Wildman–Crippen LogP) is 2.92. The number of hydrogen-bond donors (Lipinski definition) is 1. The number of rotatable bonds is 4. The van der Waals surface area contributed by atoms with Crippen molar-refractivity contribution >= 4 is 0 Å². The van der Waals surface area contributed by atoms with E-state index in [1.807, 2.05) is 6.07 Å². The van der Waals surface area contributed by atoms with Gasteiger partial charge in [-0.05, 0) is 43.9 Å². The molecule has 0 aromatic heterocycles. The molecule has 3 unspecified atom stereocenters. The van der Waals surface area contributed by atoms with E-state index in [2.05, 4.69) is 31.3 Å². The van der Waals surface area contributed by atoms with E-state index in [1.54, 1.807) is 0 Å². The summed E-state index contributed by atoms with van der Waals surface area (Å²) in [4.78, 5) is 0. The molecule has 1 aromatic carbocycles. The quantitative estimate of drug-likeness (QED) is 0.926. The van der Waals surface area contributed by atoms with Crippen LogP contribution in [-0.2, 0) is 4.74 Å². The Kier molecular flexibility index (Phi) is 4.66. The summed E-state index contributed by atoms with van der Waals surface area (Å²) in [6, 6.07) is 7.01. The van der Waals surface area contributed by atoms with Crippen LogP contribution in [0.5, 0.6) is 11.5 Å². The van der Waals surface area contributed by atoms with Crippen molar-refractivity contribution in [2.24, 2.45) is 5.92 Å². The Morgan fingerprint density at radius 1 is 1.10 bits per heavy atom. The van der Waals surface area contributed by atoms with Crippen molar-refractivity contribution in [2.75, 3.05) is 26.4 Å². The number of nitrogens with one attached hydrogen (secondary N) is 1. The highest BCUT2D eigenvalue weighted by Gasteiger charge is 2.24. The number of hydrogen-bond acceptors (Lipinski definition) is 4. The highest BCUT2D eigenvalue weighted by molar-refractivity contribution is 5.44. The van der Waals surface area contributed by atoms with Crippen LogP contribution in [0.15, 0.2) is 18.2 Å². The van der Waals surface area contributed by atoms with Crippen LogP contribution < -0.4 is 14.8 Å². The molecule has 2 aliphatic heterocycles. The summed E-state index contributed by atoms with van der Waals surface area (Å²) in [6.07, 6.45) is 2.10. The standard InChI is InChI=1S/C17H25NO3/c1-12(18-13(2)15-6-9-19-11-15)14-4-5-16-17(10-14)21-8-3-7-20-16/h4-5,10,12-13,15,18H,3,6-9,11H2,1-2H3. The normalized spacial score (nSPS) is 24.4. The molecule has 3 atom stereocenters. The van der Waals surface area contributed by atoms with Gasteiger partial charge in [0.1, 0.15) is 0 Å². The van der Waals surface area contributed by atoms with Gasteiger partial charge in [0, 0.05) is 25.1 Å². The molecule has 0 saturated carbocycles. The summed E-state index contributed by atoms with van der Waals surface area (Å²) >= 11 is 0. The lowest BCUT2D eigenvalue weighted by Gasteiger charge is -2.24. The van der Waals surface area contributed by atoms with Crippen molar-refractivity contribution < 1.29 is 14.2 Å². The van der Waals surface area contributed by atoms with Crippen molar-refractivity contribution in [2.45, 2.75) is 38.8 Å². The fourth-order valence-electron chi connectivity index (χ4n) is 3.02. The van der Waals surface area contributed by atoms with E-state index in [-0.39, 0.29) is 6.04 Å². The second-order valence-corrected chi connectivity index (χ2v) is 6.06. The first-order valence-electron chi connectivity index (χ1n) is 7.97. The molecule has 4 heteroatoms. The SMILES string of the molecule is CC(NC(C)C1CCOC1)c1ccc2c(c1)OCCCO2. The van der Waals surface area contributed by atoms with E-state index >= 15 is 0 Å². The zero-order chi connectivity index (χ0) is 14.7. The molecule has 1 fully saturated rings. The third-order valence-electron chi connectivity index (χ3n) is 4.46. The smallest absolute Gasteiger partial charge is 0.161 e. The molecule has 1 saturated heterocycles. The minimum absolute atomic E-state index is 0.290. The Labute approximate surface area is 126 Å². The molecule has 0 amide bonds. The second kappa shape index (κ2) is 6.67. The summed E-state index contributed by atoms with van der Waals surface area (Å²) in [5.74, 6) is 2.35. The topological polar surface area (TPSA) is 39.7 Å². The molecular weight excluding hydrogens is 266 g/mol. The molecule has 1 N–H and O–H groups in total. The molecule has 116 valence electrons. The zero-order valence-electron chi connectivity index (χ0n) is 12.9. The zero-order valence-corrected chi connectivity index (χ0v) is 12.9. The van der Waals surface area contributed by atoms with E-state index < -0.39 is 0 Å². The summed E-state index contributed by atoms with van der Waals surface area (Å²) in [5, 5.41) is 3.68. The van der Waals surface area contributed by atoms with Crippen molar-refractivity contribution in [3.8, 4) is 11.5 Å². The Hall–Kier alpha value is -1.26. The van der Waals surface area contributed by atoms with Crippen LogP contribution in [0, 0.1) is 5.92 Å². The third-order valence-corrected chi connectivity index (χ3v) is 4.46. The molecule has 0 spiro atoms. The van der Waals surface area contributed by atoms with Gasteiger partial charge in [0.15, 0.2) is 11.5 Å². The van der Waals surface area contributed by atoms with Gasteiger partial charge in [-0.25, -0.2) is 0 Å². The average Bonchev–Trinajstić information content (AvgIpc) is 2.92. The fourth-order valence-corrected chi connectivity index (χ4v) is 3.02. The van der Waals surface area contributed by atoms with Crippen LogP contribution in [0.4, 0.5) is 0 Å². The van der Waals surface area contributed by atoms with Crippen molar-refractivity contribution in [3.05, 3.63) is 23.8 Å². The van der Waals surface area contributed by atoms with Crippen LogP contribution in [0.2, 0.25) is 0 Å². The van der Waals surface area contributed by atoms with Gasteiger partial charge < -0.3 is 19.5 Å². The first-order valence-corrected chi connectivity index (χ1v) is 7.97. The van der Waals surface area contributed by atoms with Crippen LogP contribution in [-0.4, -0.2) is 32.5 Å². The summed E-state index contributed by atoms with van der Waals surface area (Å²) in [6.45, 7) is 7.69. The third kappa shape index (κ3) is 3.50. The highest BCUT2D eigenvalue weighted by Crippen LogP contribution is 2.32.